The summed E-state index contributed by atoms with van der Waals surface area (Å²) in [5, 5.41) is 4.72. The molecular weight excluding hydrogens is 335 g/mol. The van der Waals surface area contributed by atoms with E-state index in [4.69, 9.17) is 4.74 Å². The van der Waals surface area contributed by atoms with E-state index in [1.807, 2.05) is 0 Å². The zero-order chi connectivity index (χ0) is 17.9. The first-order chi connectivity index (χ1) is 11.2. The van der Waals surface area contributed by atoms with Crippen molar-refractivity contribution in [1.29, 1.82) is 0 Å². The molecule has 0 bridgehead atoms. The second kappa shape index (κ2) is 7.38. The normalized spacial score (nSPS) is 21.2. The number of ether oxygens (including phenoxy) is 1. The van der Waals surface area contributed by atoms with Crippen molar-refractivity contribution in [2.75, 3.05) is 18.7 Å². The summed E-state index contributed by atoms with van der Waals surface area (Å²) >= 11 is 0. The number of carbonyl (C=O) groups is 1. The van der Waals surface area contributed by atoms with Crippen LogP contribution in [0.1, 0.15) is 31.2 Å². The molecule has 2 atom stereocenters. The number of halogens is 1. The molecule has 1 saturated carbocycles. The Bertz CT molecular complexity index is 721. The van der Waals surface area contributed by atoms with Crippen LogP contribution in [0.25, 0.3) is 0 Å². The molecule has 1 aromatic rings. The summed E-state index contributed by atoms with van der Waals surface area (Å²) in [4.78, 5) is 12.2. The van der Waals surface area contributed by atoms with Crippen molar-refractivity contribution in [1.82, 2.24) is 5.32 Å². The maximum Gasteiger partial charge on any atom is 0.319 e. The van der Waals surface area contributed by atoms with E-state index in [9.17, 15) is 17.6 Å². The Labute approximate surface area is 141 Å². The molecule has 1 aliphatic rings. The van der Waals surface area contributed by atoms with Crippen LogP contribution in [-0.4, -0.2) is 39.1 Å². The van der Waals surface area contributed by atoms with Gasteiger partial charge in [0.2, 0.25) is 0 Å². The molecule has 1 aliphatic carbocycles. The summed E-state index contributed by atoms with van der Waals surface area (Å²) in [7, 11) is -1.87. The molecule has 0 radical (unpaired) electrons. The van der Waals surface area contributed by atoms with Gasteiger partial charge in [-0.1, -0.05) is 12.8 Å². The third-order valence-corrected chi connectivity index (χ3v) is 5.98. The molecule has 0 aromatic heterocycles. The van der Waals surface area contributed by atoms with E-state index in [-0.39, 0.29) is 5.75 Å². The number of hydrogen-bond acceptors (Lipinski definition) is 4. The standard InChI is InChI=1S/C16H23FN2O4S/c1-10-8-14(23-2)11(17)9-13(10)19-16(20)18-12-6-4-5-7-15(12)24(3,21)22/h8-9,12,15H,4-7H2,1-3H3,(H2,18,19,20)/t12-,15-/m1/s1. The lowest BCUT2D eigenvalue weighted by molar-refractivity contribution is 0.244. The molecule has 2 rings (SSSR count). The number of nitrogens with one attached hydrogen (secondary N) is 2. The largest absolute Gasteiger partial charge is 0.494 e. The summed E-state index contributed by atoms with van der Waals surface area (Å²) in [5.74, 6) is -0.479. The first-order valence-corrected chi connectivity index (χ1v) is 9.78. The number of anilines is 1. The van der Waals surface area contributed by atoms with Gasteiger partial charge in [0.25, 0.3) is 0 Å². The number of sulfone groups is 1. The summed E-state index contributed by atoms with van der Waals surface area (Å²) < 4.78 is 42.4. The quantitative estimate of drug-likeness (QED) is 0.866. The van der Waals surface area contributed by atoms with Gasteiger partial charge in [0.15, 0.2) is 21.4 Å². The fraction of sp³-hybridized carbons (Fsp3) is 0.562. The van der Waals surface area contributed by atoms with E-state index in [1.54, 1.807) is 6.92 Å². The van der Waals surface area contributed by atoms with Gasteiger partial charge in [0.05, 0.1) is 12.4 Å². The molecule has 1 aromatic carbocycles. The highest BCUT2D eigenvalue weighted by Crippen LogP contribution is 2.26. The molecule has 24 heavy (non-hydrogen) atoms. The number of amides is 2. The van der Waals surface area contributed by atoms with Crippen LogP contribution in [0.3, 0.4) is 0 Å². The van der Waals surface area contributed by atoms with E-state index in [2.05, 4.69) is 10.6 Å². The molecule has 8 heteroatoms. The Morgan fingerprint density at radius 1 is 1.29 bits per heavy atom. The van der Waals surface area contributed by atoms with Crippen molar-refractivity contribution in [3.05, 3.63) is 23.5 Å². The molecule has 0 spiro atoms. The van der Waals surface area contributed by atoms with Crippen LogP contribution >= 0.6 is 0 Å². The third-order valence-electron chi connectivity index (χ3n) is 4.32. The number of rotatable bonds is 4. The number of methoxy groups -OCH3 is 1. The van der Waals surface area contributed by atoms with Crippen molar-refractivity contribution >= 4 is 21.6 Å². The lowest BCUT2D eigenvalue weighted by atomic mass is 9.95. The molecule has 0 heterocycles. The second-order valence-corrected chi connectivity index (χ2v) is 8.42. The van der Waals surface area contributed by atoms with Crippen LogP contribution in [0.5, 0.6) is 5.75 Å². The van der Waals surface area contributed by atoms with Crippen LogP contribution in [0.2, 0.25) is 0 Å². The third kappa shape index (κ3) is 4.37. The number of carbonyl (C=O) groups excluding carboxylic acids is 1. The minimum atomic E-state index is -3.24. The number of urea groups is 1. The minimum absolute atomic E-state index is 0.0999. The van der Waals surface area contributed by atoms with Crippen molar-refractivity contribution in [3.8, 4) is 5.75 Å². The van der Waals surface area contributed by atoms with Gasteiger partial charge in [-0.2, -0.15) is 0 Å². The average Bonchev–Trinajstić information content (AvgIpc) is 2.50. The zero-order valence-electron chi connectivity index (χ0n) is 14.1. The van der Waals surface area contributed by atoms with Gasteiger partial charge < -0.3 is 15.4 Å². The Morgan fingerprint density at radius 2 is 1.96 bits per heavy atom. The lowest BCUT2D eigenvalue weighted by Crippen LogP contribution is -2.49. The molecule has 6 nitrogen and oxygen atoms in total. The molecule has 0 aliphatic heterocycles. The summed E-state index contributed by atoms with van der Waals surface area (Å²) in [6.45, 7) is 1.72. The average molecular weight is 358 g/mol. The van der Waals surface area contributed by atoms with E-state index in [0.29, 0.717) is 24.1 Å². The van der Waals surface area contributed by atoms with E-state index >= 15 is 0 Å². The van der Waals surface area contributed by atoms with Crippen LogP contribution < -0.4 is 15.4 Å². The Hall–Kier alpha value is -1.83. The van der Waals surface area contributed by atoms with Crippen molar-refractivity contribution < 1.29 is 22.3 Å². The summed E-state index contributed by atoms with van der Waals surface area (Å²) in [5.41, 5.74) is 0.962. The molecule has 134 valence electrons. The molecule has 1 fully saturated rings. The molecule has 0 unspecified atom stereocenters. The fourth-order valence-corrected chi connectivity index (χ4v) is 4.44. The van der Waals surface area contributed by atoms with Gasteiger partial charge in [-0.05, 0) is 31.4 Å². The van der Waals surface area contributed by atoms with Gasteiger partial charge in [-0.3, -0.25) is 0 Å². The monoisotopic (exact) mass is 358 g/mol. The smallest absolute Gasteiger partial charge is 0.319 e. The number of hydrogen-bond donors (Lipinski definition) is 2. The minimum Gasteiger partial charge on any atom is -0.494 e. The van der Waals surface area contributed by atoms with Gasteiger partial charge in [-0.15, -0.1) is 0 Å². The molecular formula is C16H23FN2O4S. The van der Waals surface area contributed by atoms with Crippen molar-refractivity contribution in [2.24, 2.45) is 0 Å². The fourth-order valence-electron chi connectivity index (χ4n) is 3.05. The van der Waals surface area contributed by atoms with Crippen LogP contribution in [0.4, 0.5) is 14.9 Å². The summed E-state index contributed by atoms with van der Waals surface area (Å²) in [6, 6.07) is 1.70. The van der Waals surface area contributed by atoms with E-state index in [1.165, 1.54) is 25.5 Å². The summed E-state index contributed by atoms with van der Waals surface area (Å²) in [6.07, 6.45) is 4.05. The van der Waals surface area contributed by atoms with E-state index in [0.717, 1.165) is 12.8 Å². The lowest BCUT2D eigenvalue weighted by Gasteiger charge is -2.30. The Kier molecular flexibility index (Phi) is 5.69. The Morgan fingerprint density at radius 3 is 2.58 bits per heavy atom. The second-order valence-electron chi connectivity index (χ2n) is 6.16. The maximum absolute atomic E-state index is 13.8. The number of benzene rings is 1. The molecule has 2 N–H and O–H groups in total. The van der Waals surface area contributed by atoms with Crippen molar-refractivity contribution in [3.63, 3.8) is 0 Å². The van der Waals surface area contributed by atoms with Crippen molar-refractivity contribution in [2.45, 2.75) is 43.9 Å². The van der Waals surface area contributed by atoms with E-state index < -0.39 is 33.0 Å². The highest BCUT2D eigenvalue weighted by atomic mass is 32.2. The SMILES string of the molecule is COc1cc(C)c(NC(=O)N[C@@H]2CCCC[C@H]2S(C)(=O)=O)cc1F. The van der Waals surface area contributed by atoms with Crippen LogP contribution in [0, 0.1) is 12.7 Å². The first-order valence-electron chi connectivity index (χ1n) is 7.83. The molecule has 2 amide bonds. The Balaban J connectivity index is 2.09. The highest BCUT2D eigenvalue weighted by Gasteiger charge is 2.33. The van der Waals surface area contributed by atoms with Gasteiger partial charge in [-0.25, -0.2) is 17.6 Å². The maximum atomic E-state index is 13.8. The topological polar surface area (TPSA) is 84.5 Å². The predicted molar refractivity (Wildman–Crippen MR) is 90.7 cm³/mol. The van der Waals surface area contributed by atoms with Crippen LogP contribution in [0.15, 0.2) is 12.1 Å². The van der Waals surface area contributed by atoms with Gasteiger partial charge >= 0.3 is 6.03 Å². The van der Waals surface area contributed by atoms with Gasteiger partial charge in [0.1, 0.15) is 0 Å². The predicted octanol–water partition coefficient (Wildman–Crippen LogP) is 2.62. The van der Waals surface area contributed by atoms with Gasteiger partial charge in [0, 0.05) is 24.1 Å². The zero-order valence-corrected chi connectivity index (χ0v) is 14.9. The first kappa shape index (κ1) is 18.5. The molecule has 0 saturated heterocycles. The highest BCUT2D eigenvalue weighted by molar-refractivity contribution is 7.91. The van der Waals surface area contributed by atoms with Crippen LogP contribution in [-0.2, 0) is 9.84 Å². The number of aryl methyl sites for hydroxylation is 1.